The molecule has 8 heteroatoms. The number of amides is 1. The van der Waals surface area contributed by atoms with Gasteiger partial charge in [0, 0.05) is 32.7 Å². The molecule has 0 spiro atoms. The van der Waals surface area contributed by atoms with Crippen molar-refractivity contribution in [3.63, 3.8) is 0 Å². The van der Waals surface area contributed by atoms with Crippen LogP contribution in [0.3, 0.4) is 0 Å². The molecule has 2 heterocycles. The van der Waals surface area contributed by atoms with Crippen molar-refractivity contribution in [3.8, 4) is 5.75 Å². The fraction of sp³-hybridized carbons (Fsp3) is 0.560. The maximum atomic E-state index is 12.9. The number of nitrogens with zero attached hydrogens (tertiary/aromatic N) is 2. The second-order valence-electron chi connectivity index (χ2n) is 8.79. The fourth-order valence-corrected chi connectivity index (χ4v) is 3.82. The molecule has 3 rings (SSSR count). The highest BCUT2D eigenvalue weighted by molar-refractivity contribution is 5.77. The molecule has 182 valence electrons. The Kier molecular flexibility index (Phi) is 10.2. The zero-order chi connectivity index (χ0) is 23.5. The smallest absolute Gasteiger partial charge is 0.260 e. The van der Waals surface area contributed by atoms with E-state index < -0.39 is 6.10 Å². The van der Waals surface area contributed by atoms with Gasteiger partial charge in [0.25, 0.3) is 5.91 Å². The molecule has 0 radical (unpaired) electrons. The number of furan rings is 1. The fourth-order valence-electron chi connectivity index (χ4n) is 3.82. The molecule has 1 aromatic heterocycles. The minimum Gasteiger partial charge on any atom is -0.484 e. The summed E-state index contributed by atoms with van der Waals surface area (Å²) in [6.45, 7) is 8.33. The summed E-state index contributed by atoms with van der Waals surface area (Å²) in [6.07, 6.45) is 0.880. The van der Waals surface area contributed by atoms with Crippen LogP contribution in [-0.4, -0.2) is 85.6 Å². The summed E-state index contributed by atoms with van der Waals surface area (Å²) < 4.78 is 22.4. The number of aliphatic hydroxyl groups excluding tert-OH is 1. The summed E-state index contributed by atoms with van der Waals surface area (Å²) in [5, 5.41) is 10.4. The van der Waals surface area contributed by atoms with Gasteiger partial charge in [0.05, 0.1) is 31.7 Å². The van der Waals surface area contributed by atoms with Crippen molar-refractivity contribution in [2.45, 2.75) is 32.7 Å². The van der Waals surface area contributed by atoms with Gasteiger partial charge in [-0.1, -0.05) is 32.0 Å². The first-order chi connectivity index (χ1) is 16.0. The van der Waals surface area contributed by atoms with E-state index in [-0.39, 0.29) is 25.2 Å². The van der Waals surface area contributed by atoms with Crippen molar-refractivity contribution in [2.24, 2.45) is 5.92 Å². The Morgan fingerprint density at radius 2 is 2.06 bits per heavy atom. The zero-order valence-corrected chi connectivity index (χ0v) is 19.6. The molecular weight excluding hydrogens is 424 g/mol. The summed E-state index contributed by atoms with van der Waals surface area (Å²) in [6, 6.07) is 13.0. The lowest BCUT2D eigenvalue weighted by molar-refractivity contribution is -0.137. The Hall–Kier alpha value is -2.39. The number of carbonyl (C=O) groups is 1. The van der Waals surface area contributed by atoms with Crippen molar-refractivity contribution < 1.29 is 28.5 Å². The average molecular weight is 461 g/mol. The Balaban J connectivity index is 1.44. The molecule has 2 atom stereocenters. The number of benzene rings is 1. The second kappa shape index (κ2) is 13.3. The van der Waals surface area contributed by atoms with E-state index >= 15 is 0 Å². The van der Waals surface area contributed by atoms with E-state index in [9.17, 15) is 9.90 Å². The van der Waals surface area contributed by atoms with Gasteiger partial charge in [0.1, 0.15) is 18.1 Å². The van der Waals surface area contributed by atoms with Gasteiger partial charge in [-0.2, -0.15) is 0 Å². The van der Waals surface area contributed by atoms with E-state index in [0.717, 1.165) is 12.3 Å². The summed E-state index contributed by atoms with van der Waals surface area (Å²) in [5.41, 5.74) is 0. The van der Waals surface area contributed by atoms with Gasteiger partial charge in [0.2, 0.25) is 0 Å². The summed E-state index contributed by atoms with van der Waals surface area (Å²) >= 11 is 0. The lowest BCUT2D eigenvalue weighted by atomic mass is 10.1. The predicted octanol–water partition coefficient (Wildman–Crippen LogP) is 2.42. The maximum absolute atomic E-state index is 12.9. The van der Waals surface area contributed by atoms with E-state index in [4.69, 9.17) is 18.6 Å². The predicted molar refractivity (Wildman–Crippen MR) is 124 cm³/mol. The number of β-amino-alcohol motifs (C(OH)–C–C–N with tert-alkyl or cyclic N) is 1. The van der Waals surface area contributed by atoms with Crippen LogP contribution in [0.25, 0.3) is 0 Å². The highest BCUT2D eigenvalue weighted by Crippen LogP contribution is 2.12. The second-order valence-corrected chi connectivity index (χ2v) is 8.79. The van der Waals surface area contributed by atoms with Crippen molar-refractivity contribution >= 4 is 5.91 Å². The first-order valence-corrected chi connectivity index (χ1v) is 11.6. The van der Waals surface area contributed by atoms with Crippen molar-refractivity contribution in [1.82, 2.24) is 9.80 Å². The van der Waals surface area contributed by atoms with E-state index in [1.807, 2.05) is 47.4 Å². The standard InChI is InChI=1S/C25H36N2O6/c1-20(2)13-27(25(29)19-33-22-7-4-3-5-8-22)16-24-15-26(10-12-32-24)14-21(28)17-30-18-23-9-6-11-31-23/h3-9,11,20-21,24,28H,10,12-19H2,1-2H3/t21-,24-/m1/s1. The van der Waals surface area contributed by atoms with Gasteiger partial charge in [0.15, 0.2) is 6.61 Å². The molecule has 1 N–H and O–H groups in total. The lowest BCUT2D eigenvalue weighted by Gasteiger charge is -2.37. The average Bonchev–Trinajstić information content (AvgIpc) is 3.31. The van der Waals surface area contributed by atoms with Crippen LogP contribution in [0, 0.1) is 5.92 Å². The molecule has 1 fully saturated rings. The quantitative estimate of drug-likeness (QED) is 0.491. The van der Waals surface area contributed by atoms with Crippen LogP contribution in [0.4, 0.5) is 0 Å². The van der Waals surface area contributed by atoms with Crippen LogP contribution in [0.5, 0.6) is 5.75 Å². The molecule has 1 saturated heterocycles. The van der Waals surface area contributed by atoms with Crippen LogP contribution < -0.4 is 4.74 Å². The molecule has 1 aromatic carbocycles. The van der Waals surface area contributed by atoms with E-state index in [1.165, 1.54) is 0 Å². The minimum atomic E-state index is -0.605. The number of para-hydroxylation sites is 1. The van der Waals surface area contributed by atoms with Gasteiger partial charge in [-0.05, 0) is 30.2 Å². The number of rotatable bonds is 13. The summed E-state index contributed by atoms with van der Waals surface area (Å²) in [7, 11) is 0. The monoisotopic (exact) mass is 460 g/mol. The molecule has 8 nitrogen and oxygen atoms in total. The highest BCUT2D eigenvalue weighted by atomic mass is 16.5. The highest BCUT2D eigenvalue weighted by Gasteiger charge is 2.26. The zero-order valence-electron chi connectivity index (χ0n) is 19.6. The molecule has 0 bridgehead atoms. The Morgan fingerprint density at radius 1 is 1.24 bits per heavy atom. The molecule has 0 aliphatic carbocycles. The molecule has 1 amide bonds. The number of aliphatic hydroxyl groups is 1. The minimum absolute atomic E-state index is 0.00110. The van der Waals surface area contributed by atoms with Gasteiger partial charge in [-0.3, -0.25) is 9.69 Å². The van der Waals surface area contributed by atoms with Crippen LogP contribution in [-0.2, 0) is 20.9 Å². The Morgan fingerprint density at radius 3 is 2.79 bits per heavy atom. The summed E-state index contributed by atoms with van der Waals surface area (Å²) in [4.78, 5) is 16.9. The molecule has 33 heavy (non-hydrogen) atoms. The molecule has 1 aliphatic heterocycles. The van der Waals surface area contributed by atoms with E-state index in [1.54, 1.807) is 6.26 Å². The van der Waals surface area contributed by atoms with E-state index in [0.29, 0.717) is 51.1 Å². The SMILES string of the molecule is CC(C)CN(C[C@H]1CN(C[C@@H](O)COCc2ccco2)CCO1)C(=O)COc1ccccc1. The molecule has 2 aromatic rings. The largest absolute Gasteiger partial charge is 0.484 e. The number of morpholine rings is 1. The topological polar surface area (TPSA) is 84.6 Å². The van der Waals surface area contributed by atoms with Crippen molar-refractivity contribution in [3.05, 3.63) is 54.5 Å². The molecule has 0 unspecified atom stereocenters. The van der Waals surface area contributed by atoms with Crippen LogP contribution >= 0.6 is 0 Å². The normalized spacial score (nSPS) is 17.8. The van der Waals surface area contributed by atoms with Gasteiger partial charge in [-0.15, -0.1) is 0 Å². The van der Waals surface area contributed by atoms with Crippen molar-refractivity contribution in [2.75, 3.05) is 52.5 Å². The lowest BCUT2D eigenvalue weighted by Crippen LogP contribution is -2.51. The maximum Gasteiger partial charge on any atom is 0.260 e. The van der Waals surface area contributed by atoms with Gasteiger partial charge >= 0.3 is 0 Å². The van der Waals surface area contributed by atoms with Gasteiger partial charge < -0.3 is 28.6 Å². The summed E-state index contributed by atoms with van der Waals surface area (Å²) in [5.74, 6) is 1.69. The van der Waals surface area contributed by atoms with E-state index in [2.05, 4.69) is 18.7 Å². The molecule has 1 aliphatic rings. The van der Waals surface area contributed by atoms with Crippen LogP contribution in [0.15, 0.2) is 53.1 Å². The third-order valence-corrected chi connectivity index (χ3v) is 5.29. The van der Waals surface area contributed by atoms with Crippen molar-refractivity contribution in [1.29, 1.82) is 0 Å². The van der Waals surface area contributed by atoms with Gasteiger partial charge in [-0.25, -0.2) is 0 Å². The number of hydrogen-bond donors (Lipinski definition) is 1. The van der Waals surface area contributed by atoms with Crippen LogP contribution in [0.2, 0.25) is 0 Å². The Bertz CT molecular complexity index is 798. The number of hydrogen-bond acceptors (Lipinski definition) is 7. The number of carbonyl (C=O) groups excluding carboxylic acids is 1. The Labute approximate surface area is 196 Å². The molecule has 0 saturated carbocycles. The van der Waals surface area contributed by atoms with Crippen LogP contribution in [0.1, 0.15) is 19.6 Å². The third kappa shape index (κ3) is 9.17. The number of ether oxygens (including phenoxy) is 3. The third-order valence-electron chi connectivity index (χ3n) is 5.29. The first-order valence-electron chi connectivity index (χ1n) is 11.6. The molecular formula is C25H36N2O6. The first kappa shape index (κ1) is 25.2.